The summed E-state index contributed by atoms with van der Waals surface area (Å²) in [4.78, 5) is 15.9. The van der Waals surface area contributed by atoms with Gasteiger partial charge in [0.1, 0.15) is 5.60 Å². The lowest BCUT2D eigenvalue weighted by Gasteiger charge is -2.31. The molecule has 0 saturated heterocycles. The first-order valence-corrected chi connectivity index (χ1v) is 7.82. The van der Waals surface area contributed by atoms with Gasteiger partial charge in [0.2, 0.25) is 0 Å². The van der Waals surface area contributed by atoms with E-state index in [4.69, 9.17) is 4.74 Å². The van der Waals surface area contributed by atoms with Crippen molar-refractivity contribution in [2.75, 3.05) is 0 Å². The highest BCUT2D eigenvalue weighted by Crippen LogP contribution is 2.30. The fourth-order valence-corrected chi connectivity index (χ4v) is 2.51. The van der Waals surface area contributed by atoms with E-state index in [0.29, 0.717) is 6.42 Å². The zero-order valence-corrected chi connectivity index (χ0v) is 13.3. The Balaban J connectivity index is 2.04. The molecule has 3 nitrogen and oxygen atoms in total. The van der Waals surface area contributed by atoms with Crippen molar-refractivity contribution in [1.82, 2.24) is 0 Å². The smallest absolute Gasteiger partial charge is 0.303 e. The van der Waals surface area contributed by atoms with Gasteiger partial charge in [0.05, 0.1) is 5.70 Å². The lowest BCUT2D eigenvalue weighted by Crippen LogP contribution is -2.33. The number of unbranched alkanes of at least 4 members (excludes halogenated alkanes) is 1. The predicted molar refractivity (Wildman–Crippen MR) is 89.9 cm³/mol. The third-order valence-corrected chi connectivity index (χ3v) is 3.68. The van der Waals surface area contributed by atoms with E-state index in [-0.39, 0.29) is 5.97 Å². The maximum absolute atomic E-state index is 11.4. The van der Waals surface area contributed by atoms with Gasteiger partial charge in [-0.15, -0.1) is 0 Å². The Morgan fingerprint density at radius 3 is 2.73 bits per heavy atom. The molecule has 0 unspecified atom stereocenters. The number of esters is 1. The molecular formula is C19H23NO2. The van der Waals surface area contributed by atoms with Gasteiger partial charge in [0.15, 0.2) is 0 Å². The van der Waals surface area contributed by atoms with Crippen molar-refractivity contribution in [1.29, 1.82) is 0 Å². The molecule has 0 heterocycles. The second kappa shape index (κ2) is 7.74. The summed E-state index contributed by atoms with van der Waals surface area (Å²) in [5.74, 6) is -0.231. The van der Waals surface area contributed by atoms with Crippen LogP contribution in [0.25, 0.3) is 0 Å². The number of aliphatic imine (C=N–C) groups is 1. The molecule has 0 spiro atoms. The Hall–Kier alpha value is -2.16. The predicted octanol–water partition coefficient (Wildman–Crippen LogP) is 4.44. The van der Waals surface area contributed by atoms with Gasteiger partial charge < -0.3 is 4.74 Å². The van der Waals surface area contributed by atoms with Crippen LogP contribution >= 0.6 is 0 Å². The average Bonchev–Trinajstić information content (AvgIpc) is 2.53. The number of carbonyl (C=O) groups is 1. The Morgan fingerprint density at radius 1 is 1.36 bits per heavy atom. The highest BCUT2D eigenvalue weighted by molar-refractivity contribution is 5.80. The second-order valence-corrected chi connectivity index (χ2v) is 5.60. The molecule has 2 rings (SSSR count). The number of hydrogen-bond acceptors (Lipinski definition) is 3. The topological polar surface area (TPSA) is 38.7 Å². The summed E-state index contributed by atoms with van der Waals surface area (Å²) in [7, 11) is 0. The third kappa shape index (κ3) is 4.69. The Bertz CT molecular complexity index is 587. The van der Waals surface area contributed by atoms with E-state index in [9.17, 15) is 4.79 Å². The van der Waals surface area contributed by atoms with Gasteiger partial charge in [-0.1, -0.05) is 49.8 Å². The van der Waals surface area contributed by atoms with E-state index in [2.05, 4.69) is 11.9 Å². The van der Waals surface area contributed by atoms with E-state index < -0.39 is 5.60 Å². The van der Waals surface area contributed by atoms with E-state index in [1.807, 2.05) is 54.8 Å². The van der Waals surface area contributed by atoms with E-state index in [0.717, 1.165) is 30.5 Å². The zero-order valence-electron chi connectivity index (χ0n) is 13.3. The second-order valence-electron chi connectivity index (χ2n) is 5.60. The summed E-state index contributed by atoms with van der Waals surface area (Å²) in [5, 5.41) is 0. The summed E-state index contributed by atoms with van der Waals surface area (Å²) in [5.41, 5.74) is 1.48. The van der Waals surface area contributed by atoms with Crippen LogP contribution in [0.5, 0.6) is 0 Å². The molecular weight excluding hydrogens is 274 g/mol. The van der Waals surface area contributed by atoms with Crippen LogP contribution in [0.15, 0.2) is 59.2 Å². The van der Waals surface area contributed by atoms with Crippen LogP contribution in [0, 0.1) is 0 Å². The lowest BCUT2D eigenvalue weighted by atomic mass is 9.88. The van der Waals surface area contributed by atoms with Gasteiger partial charge in [-0.05, 0) is 30.6 Å². The minimum atomic E-state index is -0.492. The van der Waals surface area contributed by atoms with Crippen molar-refractivity contribution in [2.24, 2.45) is 4.99 Å². The minimum Gasteiger partial charge on any atom is -0.455 e. The van der Waals surface area contributed by atoms with E-state index >= 15 is 0 Å². The fourth-order valence-electron chi connectivity index (χ4n) is 2.51. The molecule has 1 atom stereocenters. The summed E-state index contributed by atoms with van der Waals surface area (Å²) in [6.45, 7) is 3.60. The molecule has 0 saturated carbocycles. The third-order valence-electron chi connectivity index (χ3n) is 3.68. The van der Waals surface area contributed by atoms with Gasteiger partial charge >= 0.3 is 5.97 Å². The van der Waals surface area contributed by atoms with Crippen molar-refractivity contribution in [3.8, 4) is 0 Å². The molecule has 1 aromatic carbocycles. The van der Waals surface area contributed by atoms with Crippen LogP contribution in [-0.4, -0.2) is 17.8 Å². The number of nitrogens with zero attached hydrogens (tertiary/aromatic N) is 1. The van der Waals surface area contributed by atoms with Gasteiger partial charge in [-0.25, -0.2) is 0 Å². The molecule has 1 aliphatic rings. The van der Waals surface area contributed by atoms with Crippen LogP contribution < -0.4 is 0 Å². The van der Waals surface area contributed by atoms with Gasteiger partial charge in [-0.2, -0.15) is 0 Å². The summed E-state index contributed by atoms with van der Waals surface area (Å²) >= 11 is 0. The SMILES string of the molecule is CCCC[C@@]1(OC(C)=O)C=CC(N=Cc2ccccc2)=CC1. The van der Waals surface area contributed by atoms with Crippen molar-refractivity contribution in [2.45, 2.75) is 45.1 Å². The normalized spacial score (nSPS) is 20.9. The molecule has 3 heteroatoms. The summed E-state index contributed by atoms with van der Waals surface area (Å²) < 4.78 is 5.57. The zero-order chi connectivity index (χ0) is 15.8. The first kappa shape index (κ1) is 16.2. The van der Waals surface area contributed by atoms with Crippen LogP contribution in [0.4, 0.5) is 0 Å². The molecule has 0 fully saturated rings. The van der Waals surface area contributed by atoms with Crippen molar-refractivity contribution in [3.05, 3.63) is 59.8 Å². The number of rotatable bonds is 6. The maximum Gasteiger partial charge on any atom is 0.303 e. The van der Waals surface area contributed by atoms with Gasteiger partial charge in [-0.3, -0.25) is 9.79 Å². The molecule has 0 N–H and O–H groups in total. The number of hydrogen-bond donors (Lipinski definition) is 0. The van der Waals surface area contributed by atoms with Gasteiger partial charge in [0.25, 0.3) is 0 Å². The average molecular weight is 297 g/mol. The molecule has 116 valence electrons. The standard InChI is InChI=1S/C19H23NO2/c1-3-4-12-19(22-16(2)21)13-10-18(11-14-19)20-15-17-8-6-5-7-9-17/h5-11,13,15H,3-4,12,14H2,1-2H3/t19-/m1/s1. The molecule has 22 heavy (non-hydrogen) atoms. The molecule has 0 amide bonds. The summed E-state index contributed by atoms with van der Waals surface area (Å²) in [6.07, 6.45) is 11.5. The molecule has 0 bridgehead atoms. The Morgan fingerprint density at radius 2 is 2.14 bits per heavy atom. The van der Waals surface area contributed by atoms with Crippen molar-refractivity contribution in [3.63, 3.8) is 0 Å². The van der Waals surface area contributed by atoms with Crippen LogP contribution in [0.2, 0.25) is 0 Å². The highest BCUT2D eigenvalue weighted by atomic mass is 16.6. The lowest BCUT2D eigenvalue weighted by molar-refractivity contribution is -0.152. The van der Waals surface area contributed by atoms with Crippen LogP contribution in [-0.2, 0) is 9.53 Å². The Kier molecular flexibility index (Phi) is 5.70. The quantitative estimate of drug-likeness (QED) is 0.575. The van der Waals surface area contributed by atoms with Crippen molar-refractivity contribution >= 4 is 12.2 Å². The molecule has 1 aliphatic carbocycles. The number of carbonyl (C=O) groups excluding carboxylic acids is 1. The largest absolute Gasteiger partial charge is 0.455 e. The Labute approximate surface area is 132 Å². The van der Waals surface area contributed by atoms with E-state index in [1.165, 1.54) is 6.92 Å². The highest BCUT2D eigenvalue weighted by Gasteiger charge is 2.30. The molecule has 0 aliphatic heterocycles. The summed E-state index contributed by atoms with van der Waals surface area (Å²) in [6, 6.07) is 9.99. The molecule has 0 aromatic heterocycles. The van der Waals surface area contributed by atoms with Crippen LogP contribution in [0.1, 0.15) is 45.1 Å². The number of allylic oxidation sites excluding steroid dienone is 1. The first-order chi connectivity index (χ1) is 10.6. The van der Waals surface area contributed by atoms with Crippen molar-refractivity contribution < 1.29 is 9.53 Å². The fraction of sp³-hybridized carbons (Fsp3) is 0.368. The van der Waals surface area contributed by atoms with Gasteiger partial charge in [0, 0.05) is 19.6 Å². The minimum absolute atomic E-state index is 0.231. The molecule has 1 aromatic rings. The first-order valence-electron chi connectivity index (χ1n) is 7.82. The van der Waals surface area contributed by atoms with Crippen LogP contribution in [0.3, 0.4) is 0 Å². The van der Waals surface area contributed by atoms with E-state index in [1.54, 1.807) is 0 Å². The number of ether oxygens (including phenoxy) is 1. The molecule has 0 radical (unpaired) electrons. The number of benzene rings is 1. The monoisotopic (exact) mass is 297 g/mol. The maximum atomic E-state index is 11.4.